The quantitative estimate of drug-likeness (QED) is 0.413. The number of hydrogen-bond acceptors (Lipinski definition) is 5. The van der Waals surface area contributed by atoms with Crippen LogP contribution in [0.3, 0.4) is 0 Å². The molecule has 1 amide bonds. The molecular weight excluding hydrogens is 496 g/mol. The normalized spacial score (nSPS) is 12.0. The van der Waals surface area contributed by atoms with Crippen molar-refractivity contribution in [2.24, 2.45) is 0 Å². The first-order valence-corrected chi connectivity index (χ1v) is 12.1. The number of sulfonamides is 1. The molecule has 0 aromatic heterocycles. The molecule has 0 saturated carbocycles. The lowest BCUT2D eigenvalue weighted by atomic mass is 10.2. The zero-order valence-electron chi connectivity index (χ0n) is 17.5. The zero-order valence-corrected chi connectivity index (χ0v) is 19.9. The average molecular weight is 519 g/mol. The van der Waals surface area contributed by atoms with Crippen LogP contribution in [0.2, 0.25) is 0 Å². The van der Waals surface area contributed by atoms with Gasteiger partial charge in [0.15, 0.2) is 17.6 Å². The maximum Gasteiger partial charge on any atom is 0.265 e. The summed E-state index contributed by atoms with van der Waals surface area (Å²) in [5, 5.41) is 2.76. The van der Waals surface area contributed by atoms with Gasteiger partial charge in [0.1, 0.15) is 0 Å². The van der Waals surface area contributed by atoms with E-state index < -0.39 is 16.1 Å². The van der Waals surface area contributed by atoms with E-state index in [1.807, 2.05) is 13.0 Å². The highest BCUT2D eigenvalue weighted by Gasteiger charge is 2.21. The lowest BCUT2D eigenvalue weighted by molar-refractivity contribution is -0.122. The van der Waals surface area contributed by atoms with Crippen molar-refractivity contribution in [2.75, 3.05) is 17.1 Å². The zero-order chi connectivity index (χ0) is 23.1. The molecule has 0 unspecified atom stereocenters. The van der Waals surface area contributed by atoms with Gasteiger partial charge < -0.3 is 14.8 Å². The molecule has 2 N–H and O–H groups in total. The highest BCUT2D eigenvalue weighted by Crippen LogP contribution is 2.28. The summed E-state index contributed by atoms with van der Waals surface area (Å²) in [6.07, 6.45) is -0.304. The Morgan fingerprint density at radius 3 is 2.12 bits per heavy atom. The first kappa shape index (κ1) is 23.6. The average Bonchev–Trinajstić information content (AvgIpc) is 2.79. The fourth-order valence-corrected chi connectivity index (χ4v) is 4.19. The molecule has 32 heavy (non-hydrogen) atoms. The maximum absolute atomic E-state index is 12.7. The SMILES string of the molecule is CC[C@@H](Oc1ccccc1OC)C(=O)Nc1ccc(S(=O)(=O)Nc2ccc(Br)cc2)cc1. The van der Waals surface area contributed by atoms with Gasteiger partial charge in [0.05, 0.1) is 12.0 Å². The van der Waals surface area contributed by atoms with E-state index in [9.17, 15) is 13.2 Å². The number of rotatable bonds is 9. The summed E-state index contributed by atoms with van der Waals surface area (Å²) in [6, 6.07) is 19.8. The van der Waals surface area contributed by atoms with Gasteiger partial charge in [0, 0.05) is 15.8 Å². The molecule has 0 aliphatic rings. The van der Waals surface area contributed by atoms with Crippen LogP contribution in [-0.2, 0) is 14.8 Å². The van der Waals surface area contributed by atoms with E-state index in [1.165, 1.54) is 31.4 Å². The second kappa shape index (κ2) is 10.5. The topological polar surface area (TPSA) is 93.7 Å². The van der Waals surface area contributed by atoms with Crippen molar-refractivity contribution in [1.29, 1.82) is 0 Å². The molecule has 9 heteroatoms. The molecule has 0 bridgehead atoms. The third kappa shape index (κ3) is 6.02. The fourth-order valence-electron chi connectivity index (χ4n) is 2.86. The van der Waals surface area contributed by atoms with Gasteiger partial charge in [-0.25, -0.2) is 8.42 Å². The minimum absolute atomic E-state index is 0.0794. The summed E-state index contributed by atoms with van der Waals surface area (Å²) < 4.78 is 39.6. The Balaban J connectivity index is 1.67. The summed E-state index contributed by atoms with van der Waals surface area (Å²) in [5.74, 6) is 0.658. The van der Waals surface area contributed by atoms with Crippen LogP contribution in [0.25, 0.3) is 0 Å². The lowest BCUT2D eigenvalue weighted by Gasteiger charge is -2.19. The van der Waals surface area contributed by atoms with Crippen LogP contribution in [0, 0.1) is 0 Å². The van der Waals surface area contributed by atoms with Crippen LogP contribution < -0.4 is 19.5 Å². The Morgan fingerprint density at radius 2 is 1.53 bits per heavy atom. The minimum Gasteiger partial charge on any atom is -0.493 e. The molecule has 0 aliphatic heterocycles. The monoisotopic (exact) mass is 518 g/mol. The third-order valence-electron chi connectivity index (χ3n) is 4.53. The van der Waals surface area contributed by atoms with E-state index in [2.05, 4.69) is 26.0 Å². The van der Waals surface area contributed by atoms with Crippen LogP contribution in [-0.4, -0.2) is 27.5 Å². The number of anilines is 2. The molecule has 168 valence electrons. The smallest absolute Gasteiger partial charge is 0.265 e. The number of halogens is 1. The van der Waals surface area contributed by atoms with Gasteiger partial charge in [-0.1, -0.05) is 35.0 Å². The Bertz CT molecular complexity index is 1170. The van der Waals surface area contributed by atoms with E-state index in [0.717, 1.165) is 4.47 Å². The number of amides is 1. The number of methoxy groups -OCH3 is 1. The second-order valence-electron chi connectivity index (χ2n) is 6.79. The molecule has 1 atom stereocenters. The number of carbonyl (C=O) groups is 1. The van der Waals surface area contributed by atoms with Crippen molar-refractivity contribution in [3.8, 4) is 11.5 Å². The summed E-state index contributed by atoms with van der Waals surface area (Å²) in [4.78, 5) is 12.8. The minimum atomic E-state index is -3.76. The van der Waals surface area contributed by atoms with Gasteiger partial charge in [-0.05, 0) is 67.1 Å². The summed E-state index contributed by atoms with van der Waals surface area (Å²) >= 11 is 3.31. The molecule has 0 saturated heterocycles. The number of benzene rings is 3. The van der Waals surface area contributed by atoms with Crippen molar-refractivity contribution >= 4 is 43.2 Å². The first-order chi connectivity index (χ1) is 15.3. The largest absolute Gasteiger partial charge is 0.493 e. The highest BCUT2D eigenvalue weighted by atomic mass is 79.9. The van der Waals surface area contributed by atoms with Crippen LogP contribution in [0.1, 0.15) is 13.3 Å². The van der Waals surface area contributed by atoms with Gasteiger partial charge >= 0.3 is 0 Å². The van der Waals surface area contributed by atoms with Crippen molar-refractivity contribution < 1.29 is 22.7 Å². The van der Waals surface area contributed by atoms with Gasteiger partial charge in [-0.3, -0.25) is 9.52 Å². The lowest BCUT2D eigenvalue weighted by Crippen LogP contribution is -2.32. The van der Waals surface area contributed by atoms with Crippen molar-refractivity contribution in [3.05, 3.63) is 77.3 Å². The Morgan fingerprint density at radius 1 is 0.938 bits per heavy atom. The third-order valence-corrected chi connectivity index (χ3v) is 6.46. The van der Waals surface area contributed by atoms with E-state index in [0.29, 0.717) is 29.3 Å². The van der Waals surface area contributed by atoms with E-state index in [-0.39, 0.29) is 10.8 Å². The Hall–Kier alpha value is -3.04. The molecule has 0 spiro atoms. The number of hydrogen-bond donors (Lipinski definition) is 2. The van der Waals surface area contributed by atoms with Crippen LogP contribution >= 0.6 is 15.9 Å². The molecule has 0 aliphatic carbocycles. The number of ether oxygens (including phenoxy) is 2. The molecule has 0 fully saturated rings. The maximum atomic E-state index is 12.7. The number of carbonyl (C=O) groups excluding carboxylic acids is 1. The van der Waals surface area contributed by atoms with Gasteiger partial charge in [-0.15, -0.1) is 0 Å². The van der Waals surface area contributed by atoms with Gasteiger partial charge in [0.2, 0.25) is 0 Å². The van der Waals surface area contributed by atoms with Crippen LogP contribution in [0.15, 0.2) is 82.2 Å². The highest BCUT2D eigenvalue weighted by molar-refractivity contribution is 9.10. The fraction of sp³-hybridized carbons (Fsp3) is 0.174. The molecule has 3 rings (SSSR count). The predicted molar refractivity (Wildman–Crippen MR) is 128 cm³/mol. The number of para-hydroxylation sites is 2. The summed E-state index contributed by atoms with van der Waals surface area (Å²) in [7, 11) is -2.23. The van der Waals surface area contributed by atoms with Crippen LogP contribution in [0.5, 0.6) is 11.5 Å². The van der Waals surface area contributed by atoms with Crippen molar-refractivity contribution in [1.82, 2.24) is 0 Å². The van der Waals surface area contributed by atoms with Crippen molar-refractivity contribution in [3.63, 3.8) is 0 Å². The molecule has 3 aromatic carbocycles. The molecular formula is C23H23BrN2O5S. The van der Waals surface area contributed by atoms with E-state index in [4.69, 9.17) is 9.47 Å². The summed E-state index contributed by atoms with van der Waals surface area (Å²) in [6.45, 7) is 1.84. The molecule has 3 aromatic rings. The predicted octanol–water partition coefficient (Wildman–Crippen LogP) is 5.05. The number of nitrogens with one attached hydrogen (secondary N) is 2. The van der Waals surface area contributed by atoms with E-state index >= 15 is 0 Å². The first-order valence-electron chi connectivity index (χ1n) is 9.81. The van der Waals surface area contributed by atoms with Crippen LogP contribution in [0.4, 0.5) is 11.4 Å². The van der Waals surface area contributed by atoms with Gasteiger partial charge in [-0.2, -0.15) is 0 Å². The van der Waals surface area contributed by atoms with Crippen molar-refractivity contribution in [2.45, 2.75) is 24.3 Å². The Labute approximate surface area is 195 Å². The Kier molecular flexibility index (Phi) is 7.76. The standard InChI is InChI=1S/C23H23BrN2O5S/c1-3-20(31-22-7-5-4-6-21(22)30-2)23(27)25-17-12-14-19(15-13-17)32(28,29)26-18-10-8-16(24)9-11-18/h4-15,20,26H,3H2,1-2H3,(H,25,27)/t20-/m1/s1. The molecule has 0 radical (unpaired) electrons. The summed E-state index contributed by atoms with van der Waals surface area (Å²) in [5.41, 5.74) is 0.907. The van der Waals surface area contributed by atoms with E-state index in [1.54, 1.807) is 42.5 Å². The van der Waals surface area contributed by atoms with Gasteiger partial charge in [0.25, 0.3) is 15.9 Å². The second-order valence-corrected chi connectivity index (χ2v) is 9.39. The molecule has 0 heterocycles. The molecule has 7 nitrogen and oxygen atoms in total.